The first-order valence-corrected chi connectivity index (χ1v) is 18.5. The van der Waals surface area contributed by atoms with E-state index in [-0.39, 0.29) is 18.4 Å². The molecule has 0 aliphatic heterocycles. The number of rotatable bonds is 9. The predicted octanol–water partition coefficient (Wildman–Crippen LogP) is 7.04. The SMILES string of the molecule is Bc1c(C(C)NC(NC(N)C2=CC=CCC2)c2ccccc2)c(C)c(C)c2c1sc1c(B)c(O)c(C)c(-c3ccc(-c4ccccc4)cc3)c12. The topological polar surface area (TPSA) is 70.3 Å². The van der Waals surface area contributed by atoms with Crippen LogP contribution in [0, 0.1) is 20.8 Å². The molecule has 0 saturated carbocycles. The molecular weight excluding hydrogens is 628 g/mol. The lowest BCUT2D eigenvalue weighted by molar-refractivity contribution is 0.367. The van der Waals surface area contributed by atoms with Gasteiger partial charge < -0.3 is 10.8 Å². The van der Waals surface area contributed by atoms with Crippen molar-refractivity contribution >= 4 is 58.1 Å². The van der Waals surface area contributed by atoms with Gasteiger partial charge in [0.15, 0.2) is 0 Å². The molecule has 0 bridgehead atoms. The fourth-order valence-corrected chi connectivity index (χ4v) is 9.28. The maximum atomic E-state index is 11.5. The minimum absolute atomic E-state index is 0.0367. The van der Waals surface area contributed by atoms with E-state index < -0.39 is 0 Å². The third-order valence-electron chi connectivity index (χ3n) is 10.7. The van der Waals surface area contributed by atoms with E-state index in [2.05, 4.69) is 151 Å². The maximum Gasteiger partial charge on any atom is 0.146 e. The summed E-state index contributed by atoms with van der Waals surface area (Å²) in [7, 11) is 4.33. The summed E-state index contributed by atoms with van der Waals surface area (Å²) in [4.78, 5) is 0. The van der Waals surface area contributed by atoms with Gasteiger partial charge in [-0.1, -0.05) is 109 Å². The van der Waals surface area contributed by atoms with Gasteiger partial charge in [0.2, 0.25) is 0 Å². The van der Waals surface area contributed by atoms with Crippen LogP contribution in [0.3, 0.4) is 0 Å². The lowest BCUT2D eigenvalue weighted by Crippen LogP contribution is -2.47. The second-order valence-corrected chi connectivity index (χ2v) is 14.8. The van der Waals surface area contributed by atoms with Crippen molar-refractivity contribution in [1.29, 1.82) is 0 Å². The molecule has 4 nitrogen and oxygen atoms in total. The molecule has 0 saturated heterocycles. The first kappa shape index (κ1) is 34.1. The molecule has 7 rings (SSSR count). The second kappa shape index (κ2) is 14.1. The number of phenolic OH excluding ortho intramolecular Hbond substituents is 1. The van der Waals surface area contributed by atoms with E-state index in [1.54, 1.807) is 0 Å². The summed E-state index contributed by atoms with van der Waals surface area (Å²) >= 11 is 1.81. The summed E-state index contributed by atoms with van der Waals surface area (Å²) in [5, 5.41) is 21.7. The number of hydrogen-bond acceptors (Lipinski definition) is 5. The zero-order chi connectivity index (χ0) is 35.1. The molecule has 1 aliphatic carbocycles. The molecule has 50 heavy (non-hydrogen) atoms. The first-order valence-electron chi connectivity index (χ1n) is 17.7. The summed E-state index contributed by atoms with van der Waals surface area (Å²) < 4.78 is 2.43. The largest absolute Gasteiger partial charge is 0.508 e. The van der Waals surface area contributed by atoms with Gasteiger partial charge in [-0.15, -0.1) is 11.3 Å². The van der Waals surface area contributed by atoms with Crippen LogP contribution in [0.15, 0.2) is 109 Å². The number of hydrogen-bond donors (Lipinski definition) is 4. The quantitative estimate of drug-likeness (QED) is 0.0983. The summed E-state index contributed by atoms with van der Waals surface area (Å²) in [6.07, 6.45) is 8.04. The Morgan fingerprint density at radius 3 is 2.02 bits per heavy atom. The lowest BCUT2D eigenvalue weighted by Gasteiger charge is -2.31. The molecule has 0 amide bonds. The Bertz CT molecular complexity index is 2260. The molecule has 6 aromatic rings. The van der Waals surface area contributed by atoms with Crippen LogP contribution in [0.4, 0.5) is 0 Å². The minimum Gasteiger partial charge on any atom is -0.508 e. The number of thiophene rings is 1. The summed E-state index contributed by atoms with van der Waals surface area (Å²) in [5.74, 6) is 0.380. The van der Waals surface area contributed by atoms with Crippen LogP contribution in [-0.4, -0.2) is 27.0 Å². The van der Waals surface area contributed by atoms with Gasteiger partial charge in [0, 0.05) is 26.2 Å². The molecule has 0 spiro atoms. The highest BCUT2D eigenvalue weighted by atomic mass is 32.1. The number of allylic oxidation sites excluding steroid dienone is 3. The zero-order valence-corrected chi connectivity index (χ0v) is 30.7. The van der Waals surface area contributed by atoms with Crippen LogP contribution in [0.5, 0.6) is 5.75 Å². The van der Waals surface area contributed by atoms with Crippen molar-refractivity contribution < 1.29 is 5.11 Å². The summed E-state index contributed by atoms with van der Waals surface area (Å²) in [6, 6.07) is 29.9. The van der Waals surface area contributed by atoms with Crippen molar-refractivity contribution in [3.05, 3.63) is 137 Å². The Labute approximate surface area is 302 Å². The zero-order valence-electron chi connectivity index (χ0n) is 29.9. The van der Waals surface area contributed by atoms with Gasteiger partial charge in [0.1, 0.15) is 21.4 Å². The molecule has 0 radical (unpaired) electrons. The van der Waals surface area contributed by atoms with Crippen molar-refractivity contribution in [3.8, 4) is 28.0 Å². The fourth-order valence-electron chi connectivity index (χ4n) is 7.90. The van der Waals surface area contributed by atoms with Gasteiger partial charge in [0.05, 0.1) is 12.3 Å². The molecule has 5 aromatic carbocycles. The number of fused-ring (bicyclic) bond motifs is 3. The fraction of sp³-hybridized carbons (Fsp3) is 0.209. The van der Waals surface area contributed by atoms with Crippen molar-refractivity contribution in [2.45, 2.75) is 58.9 Å². The predicted molar refractivity (Wildman–Crippen MR) is 221 cm³/mol. The Balaban J connectivity index is 1.33. The third kappa shape index (κ3) is 6.13. The van der Waals surface area contributed by atoms with E-state index in [0.717, 1.165) is 45.3 Å². The van der Waals surface area contributed by atoms with Gasteiger partial charge in [-0.3, -0.25) is 10.6 Å². The lowest BCUT2D eigenvalue weighted by atomic mass is 9.79. The van der Waals surface area contributed by atoms with E-state index in [1.807, 2.05) is 17.4 Å². The molecular formula is C43H45B2N3OS. The molecule has 3 atom stereocenters. The van der Waals surface area contributed by atoms with Crippen molar-refractivity contribution in [2.75, 3.05) is 0 Å². The normalized spacial score (nSPS) is 14.9. The highest BCUT2D eigenvalue weighted by molar-refractivity contribution is 7.28. The van der Waals surface area contributed by atoms with Gasteiger partial charge in [0.25, 0.3) is 0 Å². The number of aromatic hydroxyl groups is 1. The van der Waals surface area contributed by atoms with Crippen molar-refractivity contribution in [2.24, 2.45) is 5.73 Å². The van der Waals surface area contributed by atoms with Gasteiger partial charge in [-0.2, -0.15) is 0 Å². The highest BCUT2D eigenvalue weighted by Crippen LogP contribution is 2.46. The van der Waals surface area contributed by atoms with Crippen LogP contribution in [0.2, 0.25) is 0 Å². The van der Waals surface area contributed by atoms with Gasteiger partial charge in [-0.25, -0.2) is 0 Å². The van der Waals surface area contributed by atoms with Gasteiger partial charge >= 0.3 is 0 Å². The molecule has 3 unspecified atom stereocenters. The summed E-state index contributed by atoms with van der Waals surface area (Å²) in [6.45, 7) is 8.86. The Morgan fingerprint density at radius 1 is 0.740 bits per heavy atom. The Kier molecular flexibility index (Phi) is 9.60. The van der Waals surface area contributed by atoms with Crippen LogP contribution >= 0.6 is 11.3 Å². The summed E-state index contributed by atoms with van der Waals surface area (Å²) in [5.41, 5.74) is 20.8. The van der Waals surface area contributed by atoms with Crippen LogP contribution in [0.1, 0.15) is 59.8 Å². The average Bonchev–Trinajstić information content (AvgIpc) is 3.55. The highest BCUT2D eigenvalue weighted by Gasteiger charge is 2.27. The van der Waals surface area contributed by atoms with E-state index in [1.165, 1.54) is 54.3 Å². The second-order valence-electron chi connectivity index (χ2n) is 13.8. The molecule has 1 aliphatic rings. The Morgan fingerprint density at radius 2 is 1.36 bits per heavy atom. The number of phenols is 1. The van der Waals surface area contributed by atoms with Gasteiger partial charge in [-0.05, 0) is 102 Å². The van der Waals surface area contributed by atoms with E-state index in [4.69, 9.17) is 5.73 Å². The van der Waals surface area contributed by atoms with Crippen LogP contribution in [-0.2, 0) is 0 Å². The maximum absolute atomic E-state index is 11.5. The smallest absolute Gasteiger partial charge is 0.146 e. The standard InChI is InChI=1S/C43H45B2N3OS/c1-24-25(2)35-36-34(30-22-20-29(21-23-30)28-14-8-5-9-15-28)26(3)39(49)38(45)41(36)50-40(35)37(44)33(24)27(4)47-43(32-18-12-7-13-19-32)48-42(46)31-16-10-6-11-17-31/h5-10,12-16,18-23,27,42-43,47-49H,11,17,44-46H2,1-4H3. The van der Waals surface area contributed by atoms with Crippen molar-refractivity contribution in [1.82, 2.24) is 10.6 Å². The number of nitrogens with one attached hydrogen (secondary N) is 2. The number of aryl methyl sites for hydroxylation is 1. The van der Waals surface area contributed by atoms with E-state index in [9.17, 15) is 5.11 Å². The average molecular weight is 674 g/mol. The van der Waals surface area contributed by atoms with Crippen LogP contribution in [0.25, 0.3) is 42.4 Å². The Hall–Kier alpha value is -4.39. The van der Waals surface area contributed by atoms with Crippen LogP contribution < -0.4 is 27.3 Å². The number of benzene rings is 5. The van der Waals surface area contributed by atoms with Crippen molar-refractivity contribution in [3.63, 3.8) is 0 Å². The minimum atomic E-state index is -0.252. The first-order chi connectivity index (χ1) is 24.2. The molecule has 1 heterocycles. The molecule has 1 aromatic heterocycles. The monoisotopic (exact) mass is 673 g/mol. The third-order valence-corrected chi connectivity index (χ3v) is 12.2. The molecule has 5 N–H and O–H groups in total. The molecule has 7 heteroatoms. The van der Waals surface area contributed by atoms with E-state index in [0.29, 0.717) is 5.75 Å². The number of nitrogens with two attached hydrogens (primary N) is 1. The van der Waals surface area contributed by atoms with E-state index >= 15 is 0 Å². The molecule has 250 valence electrons. The molecule has 0 fully saturated rings.